The first-order valence-corrected chi connectivity index (χ1v) is 11.4. The van der Waals surface area contributed by atoms with E-state index in [4.69, 9.17) is 15.1 Å². The number of hydrogen-bond acceptors (Lipinski definition) is 3. The van der Waals surface area contributed by atoms with Crippen LogP contribution >= 0.6 is 7.26 Å². The molecule has 0 fully saturated rings. The zero-order chi connectivity index (χ0) is 16.6. The van der Waals surface area contributed by atoms with E-state index in [1.54, 1.807) is 24.6 Å². The number of hydrogen-bond donors (Lipinski definition) is 3. The van der Waals surface area contributed by atoms with Crippen LogP contribution in [0.5, 0.6) is 0 Å². The van der Waals surface area contributed by atoms with Gasteiger partial charge in [-0.15, -0.1) is 0 Å². The Bertz CT molecular complexity index is 164. The van der Waals surface area contributed by atoms with Gasteiger partial charge in [0.05, 0.1) is 24.6 Å². The van der Waals surface area contributed by atoms with Crippen LogP contribution in [0.4, 0.5) is 0 Å². The van der Waals surface area contributed by atoms with Crippen molar-refractivity contribution in [3.63, 3.8) is 0 Å². The molecule has 3 nitrogen and oxygen atoms in total. The minimum atomic E-state index is -2.17. The van der Waals surface area contributed by atoms with Crippen LogP contribution in [0.15, 0.2) is 0 Å². The lowest BCUT2D eigenvalue weighted by atomic mass is 10.3. The summed E-state index contributed by atoms with van der Waals surface area (Å²) < 4.78 is 0. The molecule has 0 unspecified atom stereocenters. The maximum absolute atomic E-state index is 7.17. The molecule has 0 atom stereocenters. The van der Waals surface area contributed by atoms with E-state index >= 15 is 0 Å². The molecule has 0 rings (SSSR count). The fourth-order valence-electron chi connectivity index (χ4n) is 2.64. The zero-order valence-electron chi connectivity index (χ0n) is 14.9. The Balaban J connectivity index is 0. The van der Waals surface area contributed by atoms with Crippen LogP contribution in [0.2, 0.25) is 0 Å². The molecule has 0 radical (unpaired) electrons. The summed E-state index contributed by atoms with van der Waals surface area (Å²) in [6.07, 6.45) is 17.9. The molecule has 0 saturated heterocycles. The van der Waals surface area contributed by atoms with Crippen molar-refractivity contribution in [2.24, 2.45) is 0 Å². The molecule has 3 N–H and O–H groups in total. The van der Waals surface area contributed by atoms with E-state index in [-0.39, 0.29) is 0 Å². The number of unbranched alkanes of at least 4 members (excludes halogenated alkanes) is 4. The van der Waals surface area contributed by atoms with Crippen LogP contribution < -0.4 is 0 Å². The molecule has 0 spiro atoms. The molecule has 0 bridgehead atoms. The Morgan fingerprint density at radius 3 is 0.905 bits per heavy atom. The SMILES string of the molecule is CCCC[P+](CCCC)(CCCC)CCCC.OB(O)O. The highest BCUT2D eigenvalue weighted by atomic mass is 31.2. The Morgan fingerprint density at radius 1 is 0.571 bits per heavy atom. The van der Waals surface area contributed by atoms with Crippen molar-refractivity contribution >= 4 is 14.6 Å². The highest BCUT2D eigenvalue weighted by Gasteiger charge is 2.34. The van der Waals surface area contributed by atoms with Gasteiger partial charge in [-0.1, -0.05) is 53.4 Å². The second-order valence-corrected chi connectivity index (χ2v) is 10.5. The van der Waals surface area contributed by atoms with Crippen LogP contribution in [0, 0.1) is 0 Å². The molecule has 5 heteroatoms. The van der Waals surface area contributed by atoms with Gasteiger partial charge in [0.2, 0.25) is 0 Å². The summed E-state index contributed by atoms with van der Waals surface area (Å²) in [5.41, 5.74) is 0. The average molecular weight is 321 g/mol. The topological polar surface area (TPSA) is 60.7 Å². The van der Waals surface area contributed by atoms with Gasteiger partial charge >= 0.3 is 7.32 Å². The highest BCUT2D eigenvalue weighted by molar-refractivity contribution is 7.75. The van der Waals surface area contributed by atoms with Crippen molar-refractivity contribution in [2.75, 3.05) is 24.6 Å². The van der Waals surface area contributed by atoms with Gasteiger partial charge < -0.3 is 15.1 Å². The van der Waals surface area contributed by atoms with Crippen LogP contribution in [0.1, 0.15) is 79.1 Å². The van der Waals surface area contributed by atoms with Crippen molar-refractivity contribution in [1.82, 2.24) is 0 Å². The van der Waals surface area contributed by atoms with Crippen molar-refractivity contribution < 1.29 is 15.1 Å². The van der Waals surface area contributed by atoms with E-state index < -0.39 is 14.6 Å². The predicted molar refractivity (Wildman–Crippen MR) is 98.4 cm³/mol. The molecule has 21 heavy (non-hydrogen) atoms. The minimum absolute atomic E-state index is 0.562. The van der Waals surface area contributed by atoms with Crippen LogP contribution in [-0.4, -0.2) is 47.0 Å². The average Bonchev–Trinajstić information content (AvgIpc) is 2.45. The maximum atomic E-state index is 7.17. The molecule has 0 aromatic rings. The molecule has 0 aliphatic heterocycles. The Labute approximate surface area is 134 Å². The van der Waals surface area contributed by atoms with Gasteiger partial charge in [0.1, 0.15) is 0 Å². The molecule has 128 valence electrons. The fraction of sp³-hybridized carbons (Fsp3) is 1.00. The molecule has 0 aliphatic carbocycles. The second-order valence-electron chi connectivity index (χ2n) is 6.00. The Kier molecular flexibility index (Phi) is 18.8. The first kappa shape index (κ1) is 23.6. The van der Waals surface area contributed by atoms with E-state index in [0.29, 0.717) is 0 Å². The normalized spacial score (nSPS) is 11.0. The molecule has 0 aromatic carbocycles. The fourth-order valence-corrected chi connectivity index (χ4v) is 7.93. The molecular weight excluding hydrogens is 282 g/mol. The van der Waals surface area contributed by atoms with Crippen molar-refractivity contribution in [2.45, 2.75) is 79.1 Å². The Hall–Kier alpha value is 0.375. The largest absolute Gasteiger partial charge is 0.631 e. The third-order valence-corrected chi connectivity index (χ3v) is 9.00. The molecule has 0 aliphatic rings. The first-order valence-electron chi connectivity index (χ1n) is 8.87. The van der Waals surface area contributed by atoms with E-state index in [0.717, 1.165) is 0 Å². The standard InChI is InChI=1S/C16H36P.BH3O3/c1-5-9-13-17(14-10-6-2,15-11-7-3)16-12-8-4;2-1(3)4/h5-16H2,1-4H3;2-4H/q+1;. The lowest BCUT2D eigenvalue weighted by Crippen LogP contribution is -2.12. The summed E-state index contributed by atoms with van der Waals surface area (Å²) in [7, 11) is -2.73. The van der Waals surface area contributed by atoms with Crippen molar-refractivity contribution in [3.05, 3.63) is 0 Å². The van der Waals surface area contributed by atoms with Crippen LogP contribution in [0.25, 0.3) is 0 Å². The maximum Gasteiger partial charge on any atom is 0.631 e. The summed E-state index contributed by atoms with van der Waals surface area (Å²) in [5, 5.41) is 21.5. The predicted octanol–water partition coefficient (Wildman–Crippen LogP) is 4.15. The summed E-state index contributed by atoms with van der Waals surface area (Å²) >= 11 is 0. The highest BCUT2D eigenvalue weighted by Crippen LogP contribution is 2.61. The van der Waals surface area contributed by atoms with Gasteiger partial charge in [0.15, 0.2) is 0 Å². The number of rotatable bonds is 12. The summed E-state index contributed by atoms with van der Waals surface area (Å²) in [5.74, 6) is 0. The van der Waals surface area contributed by atoms with Gasteiger partial charge in [-0.25, -0.2) is 0 Å². The lowest BCUT2D eigenvalue weighted by Gasteiger charge is -2.28. The van der Waals surface area contributed by atoms with Gasteiger partial charge in [-0.2, -0.15) is 0 Å². The Morgan fingerprint density at radius 2 is 0.762 bits per heavy atom. The third kappa shape index (κ3) is 16.6. The summed E-state index contributed by atoms with van der Waals surface area (Å²) in [6.45, 7) is 9.42. The third-order valence-electron chi connectivity index (χ3n) is 3.94. The first-order chi connectivity index (χ1) is 9.97. The summed E-state index contributed by atoms with van der Waals surface area (Å²) in [6, 6.07) is 0. The second kappa shape index (κ2) is 16.7. The van der Waals surface area contributed by atoms with Crippen LogP contribution in [-0.2, 0) is 0 Å². The smallest absolute Gasteiger partial charge is 0.402 e. The minimum Gasteiger partial charge on any atom is -0.402 e. The zero-order valence-corrected chi connectivity index (χ0v) is 15.7. The molecular formula is C16H39BO3P+. The van der Waals surface area contributed by atoms with Crippen LogP contribution in [0.3, 0.4) is 0 Å². The molecule has 0 heterocycles. The van der Waals surface area contributed by atoms with E-state index in [1.807, 2.05) is 0 Å². The van der Waals surface area contributed by atoms with Gasteiger partial charge in [-0.3, -0.25) is 0 Å². The molecule has 0 amide bonds. The van der Waals surface area contributed by atoms with Crippen molar-refractivity contribution in [1.29, 1.82) is 0 Å². The van der Waals surface area contributed by atoms with E-state index in [1.165, 1.54) is 51.4 Å². The van der Waals surface area contributed by atoms with E-state index in [9.17, 15) is 0 Å². The van der Waals surface area contributed by atoms with Crippen molar-refractivity contribution in [3.8, 4) is 0 Å². The quantitative estimate of drug-likeness (QED) is 0.374. The lowest BCUT2D eigenvalue weighted by molar-refractivity contribution is 0.278. The molecule has 0 saturated carbocycles. The van der Waals surface area contributed by atoms with Gasteiger partial charge in [0.25, 0.3) is 0 Å². The monoisotopic (exact) mass is 321 g/mol. The summed E-state index contributed by atoms with van der Waals surface area (Å²) in [4.78, 5) is 0. The van der Waals surface area contributed by atoms with Gasteiger partial charge in [-0.05, 0) is 25.7 Å². The van der Waals surface area contributed by atoms with Gasteiger partial charge in [0, 0.05) is 7.26 Å². The van der Waals surface area contributed by atoms with E-state index in [2.05, 4.69) is 27.7 Å². The molecule has 0 aromatic heterocycles.